The maximum absolute atomic E-state index is 11.9. The SMILES string of the molecule is CCOC(=O)c1nc(C(CC)(CC)OC)sc1C(C)=O. The minimum absolute atomic E-state index is 0.0997. The van der Waals surface area contributed by atoms with E-state index in [2.05, 4.69) is 4.98 Å². The lowest BCUT2D eigenvalue weighted by Crippen LogP contribution is -2.26. The van der Waals surface area contributed by atoms with Crippen LogP contribution in [0, 0.1) is 0 Å². The van der Waals surface area contributed by atoms with Crippen LogP contribution in [0.2, 0.25) is 0 Å². The Morgan fingerprint density at radius 1 is 1.25 bits per heavy atom. The first kappa shape index (κ1) is 16.8. The Kier molecular flexibility index (Phi) is 5.83. The topological polar surface area (TPSA) is 65.5 Å². The van der Waals surface area contributed by atoms with Gasteiger partial charge in [0.15, 0.2) is 11.5 Å². The maximum Gasteiger partial charge on any atom is 0.358 e. The molecule has 0 saturated heterocycles. The Labute approximate surface area is 123 Å². The van der Waals surface area contributed by atoms with E-state index >= 15 is 0 Å². The number of Topliss-reactive ketones (excluding diaryl/α,β-unsaturated/α-hetero) is 1. The third-order valence-corrected chi connectivity index (χ3v) is 4.68. The first-order valence-corrected chi connectivity index (χ1v) is 7.51. The summed E-state index contributed by atoms with van der Waals surface area (Å²) in [5.41, 5.74) is -0.456. The van der Waals surface area contributed by atoms with E-state index < -0.39 is 11.6 Å². The lowest BCUT2D eigenvalue weighted by molar-refractivity contribution is -0.0220. The maximum atomic E-state index is 11.9. The largest absolute Gasteiger partial charge is 0.461 e. The molecule has 20 heavy (non-hydrogen) atoms. The van der Waals surface area contributed by atoms with Crippen molar-refractivity contribution >= 4 is 23.1 Å². The molecule has 0 aliphatic heterocycles. The number of hydrogen-bond acceptors (Lipinski definition) is 6. The van der Waals surface area contributed by atoms with Crippen molar-refractivity contribution in [2.75, 3.05) is 13.7 Å². The summed E-state index contributed by atoms with van der Waals surface area (Å²) < 4.78 is 10.6. The van der Waals surface area contributed by atoms with Gasteiger partial charge in [-0.05, 0) is 19.8 Å². The minimum Gasteiger partial charge on any atom is -0.461 e. The molecule has 0 atom stereocenters. The highest BCUT2D eigenvalue weighted by molar-refractivity contribution is 7.14. The number of esters is 1. The third-order valence-electron chi connectivity index (χ3n) is 3.34. The molecule has 6 heteroatoms. The Bertz CT molecular complexity index is 483. The highest BCUT2D eigenvalue weighted by Crippen LogP contribution is 2.36. The zero-order valence-electron chi connectivity index (χ0n) is 12.6. The van der Waals surface area contributed by atoms with Crippen LogP contribution in [0.25, 0.3) is 0 Å². The lowest BCUT2D eigenvalue weighted by Gasteiger charge is -2.27. The normalized spacial score (nSPS) is 11.4. The van der Waals surface area contributed by atoms with Crippen LogP contribution in [0.15, 0.2) is 0 Å². The standard InChI is InChI=1S/C14H21NO4S/c1-6-14(7-2,18-5)13-15-10(12(17)19-8-3)11(20-13)9(4)16/h6-8H2,1-5H3. The third kappa shape index (κ3) is 3.07. The molecule has 5 nitrogen and oxygen atoms in total. The fourth-order valence-electron chi connectivity index (χ4n) is 2.02. The summed E-state index contributed by atoms with van der Waals surface area (Å²) in [4.78, 5) is 28.3. The number of carbonyl (C=O) groups is 2. The first-order valence-electron chi connectivity index (χ1n) is 6.70. The van der Waals surface area contributed by atoms with Crippen molar-refractivity contribution in [3.8, 4) is 0 Å². The summed E-state index contributed by atoms with van der Waals surface area (Å²) in [7, 11) is 1.62. The molecule has 112 valence electrons. The molecule has 0 saturated carbocycles. The number of hydrogen-bond donors (Lipinski definition) is 0. The molecule has 0 unspecified atom stereocenters. The minimum atomic E-state index is -0.558. The van der Waals surface area contributed by atoms with Crippen molar-refractivity contribution in [2.24, 2.45) is 0 Å². The van der Waals surface area contributed by atoms with Gasteiger partial charge in [-0.2, -0.15) is 0 Å². The van der Waals surface area contributed by atoms with Gasteiger partial charge in [-0.1, -0.05) is 13.8 Å². The number of nitrogens with zero attached hydrogens (tertiary/aromatic N) is 1. The van der Waals surface area contributed by atoms with E-state index in [0.717, 1.165) is 0 Å². The van der Waals surface area contributed by atoms with Crippen LogP contribution < -0.4 is 0 Å². The predicted octanol–water partition coefficient (Wildman–Crippen LogP) is 3.18. The van der Waals surface area contributed by atoms with E-state index in [1.165, 1.54) is 18.3 Å². The van der Waals surface area contributed by atoms with Crippen molar-refractivity contribution in [1.82, 2.24) is 4.98 Å². The summed E-state index contributed by atoms with van der Waals surface area (Å²) in [6, 6.07) is 0. The Morgan fingerprint density at radius 3 is 2.25 bits per heavy atom. The number of ketones is 1. The first-order chi connectivity index (χ1) is 9.45. The van der Waals surface area contributed by atoms with Crippen LogP contribution in [-0.2, 0) is 15.1 Å². The fraction of sp³-hybridized carbons (Fsp3) is 0.643. The summed E-state index contributed by atoms with van der Waals surface area (Å²) >= 11 is 1.22. The molecular formula is C14H21NO4S. The van der Waals surface area contributed by atoms with Crippen molar-refractivity contribution < 1.29 is 19.1 Å². The zero-order chi connectivity index (χ0) is 15.3. The molecule has 0 aliphatic carbocycles. The number of thiazole rings is 1. The molecule has 1 aromatic rings. The van der Waals surface area contributed by atoms with Crippen LogP contribution >= 0.6 is 11.3 Å². The van der Waals surface area contributed by atoms with Gasteiger partial charge in [0.05, 0.1) is 6.61 Å². The molecule has 1 rings (SSSR count). The summed E-state index contributed by atoms with van der Waals surface area (Å²) in [6.07, 6.45) is 1.43. The number of ether oxygens (including phenoxy) is 2. The quantitative estimate of drug-likeness (QED) is 0.571. The van der Waals surface area contributed by atoms with Crippen LogP contribution in [-0.4, -0.2) is 30.5 Å². The molecule has 1 heterocycles. The lowest BCUT2D eigenvalue weighted by atomic mass is 9.98. The van der Waals surface area contributed by atoms with Crippen LogP contribution in [0.4, 0.5) is 0 Å². The Hall–Kier alpha value is -1.27. The summed E-state index contributed by atoms with van der Waals surface area (Å²) in [5.74, 6) is -0.744. The van der Waals surface area contributed by atoms with E-state index in [1.54, 1.807) is 14.0 Å². The second-order valence-electron chi connectivity index (χ2n) is 4.38. The zero-order valence-corrected chi connectivity index (χ0v) is 13.4. The molecule has 0 bridgehead atoms. The molecule has 0 aliphatic rings. The average Bonchev–Trinajstić information content (AvgIpc) is 2.88. The van der Waals surface area contributed by atoms with Crippen molar-refractivity contribution in [2.45, 2.75) is 46.1 Å². The van der Waals surface area contributed by atoms with Gasteiger partial charge in [0.25, 0.3) is 0 Å². The van der Waals surface area contributed by atoms with Gasteiger partial charge < -0.3 is 9.47 Å². The number of rotatable bonds is 7. The van der Waals surface area contributed by atoms with E-state index in [4.69, 9.17) is 9.47 Å². The molecule has 1 aromatic heterocycles. The van der Waals surface area contributed by atoms with Crippen LogP contribution in [0.1, 0.15) is 65.7 Å². The van der Waals surface area contributed by atoms with Gasteiger partial charge in [0, 0.05) is 14.0 Å². The van der Waals surface area contributed by atoms with E-state index in [-0.39, 0.29) is 18.1 Å². The molecule has 0 aromatic carbocycles. The van der Waals surface area contributed by atoms with Gasteiger partial charge in [-0.25, -0.2) is 9.78 Å². The second kappa shape index (κ2) is 6.95. The molecule has 0 spiro atoms. The van der Waals surface area contributed by atoms with Gasteiger partial charge in [-0.15, -0.1) is 11.3 Å². The number of methoxy groups -OCH3 is 1. The van der Waals surface area contributed by atoms with Crippen molar-refractivity contribution in [3.05, 3.63) is 15.6 Å². The molecule has 0 N–H and O–H groups in total. The van der Waals surface area contributed by atoms with Crippen molar-refractivity contribution in [3.63, 3.8) is 0 Å². The van der Waals surface area contributed by atoms with E-state index in [1.807, 2.05) is 13.8 Å². The molecule has 0 radical (unpaired) electrons. The van der Waals surface area contributed by atoms with Crippen LogP contribution in [0.3, 0.4) is 0 Å². The number of carbonyl (C=O) groups excluding carboxylic acids is 2. The van der Waals surface area contributed by atoms with Gasteiger partial charge in [0.1, 0.15) is 15.5 Å². The van der Waals surface area contributed by atoms with E-state index in [0.29, 0.717) is 22.7 Å². The average molecular weight is 299 g/mol. The Balaban J connectivity index is 3.34. The second-order valence-corrected chi connectivity index (χ2v) is 5.38. The predicted molar refractivity (Wildman–Crippen MR) is 77.3 cm³/mol. The monoisotopic (exact) mass is 299 g/mol. The molecule has 0 fully saturated rings. The highest BCUT2D eigenvalue weighted by atomic mass is 32.1. The molecular weight excluding hydrogens is 278 g/mol. The van der Waals surface area contributed by atoms with E-state index in [9.17, 15) is 9.59 Å². The van der Waals surface area contributed by atoms with Gasteiger partial charge in [-0.3, -0.25) is 4.79 Å². The van der Waals surface area contributed by atoms with Crippen molar-refractivity contribution in [1.29, 1.82) is 0 Å². The highest BCUT2D eigenvalue weighted by Gasteiger charge is 2.35. The summed E-state index contributed by atoms with van der Waals surface area (Å²) in [5, 5.41) is 0.651. The molecule has 0 amide bonds. The van der Waals surface area contributed by atoms with Gasteiger partial charge in [0.2, 0.25) is 0 Å². The summed E-state index contributed by atoms with van der Waals surface area (Å²) in [6.45, 7) is 7.38. The van der Waals surface area contributed by atoms with Gasteiger partial charge >= 0.3 is 5.97 Å². The smallest absolute Gasteiger partial charge is 0.358 e. The number of aromatic nitrogens is 1. The van der Waals surface area contributed by atoms with Crippen LogP contribution in [0.5, 0.6) is 0 Å². The fourth-order valence-corrected chi connectivity index (χ4v) is 3.28. The Morgan fingerprint density at radius 2 is 1.85 bits per heavy atom.